The maximum atomic E-state index is 12.3. The normalized spacial score (nSPS) is 20.0. The summed E-state index contributed by atoms with van der Waals surface area (Å²) in [5.74, 6) is 1.10. The van der Waals surface area contributed by atoms with Gasteiger partial charge in [0.25, 0.3) is 0 Å². The van der Waals surface area contributed by atoms with Gasteiger partial charge in [-0.15, -0.1) is 0 Å². The Kier molecular flexibility index (Phi) is 7.77. The van der Waals surface area contributed by atoms with Gasteiger partial charge in [-0.05, 0) is 31.9 Å². The van der Waals surface area contributed by atoms with Gasteiger partial charge in [0.1, 0.15) is 6.04 Å². The lowest BCUT2D eigenvalue weighted by Gasteiger charge is -2.19. The Morgan fingerprint density at radius 3 is 2.72 bits per heavy atom. The second-order valence-electron chi connectivity index (χ2n) is 7.82. The average Bonchev–Trinajstić information content (AvgIpc) is 3.37. The number of aromatic nitrogens is 2. The molecule has 29 heavy (non-hydrogen) atoms. The van der Waals surface area contributed by atoms with Gasteiger partial charge in [-0.3, -0.25) is 4.79 Å². The number of unbranched alkanes of at least 4 members (excludes halogenated alkanes) is 4. The number of nitrogens with zero attached hydrogens (tertiary/aromatic N) is 2. The van der Waals surface area contributed by atoms with Gasteiger partial charge in [-0.25, -0.2) is 0 Å². The number of nitrogens with one attached hydrogen (secondary N) is 2. The number of hydrogen-bond acceptors (Lipinski definition) is 6. The van der Waals surface area contributed by atoms with E-state index in [1.165, 1.54) is 25.7 Å². The summed E-state index contributed by atoms with van der Waals surface area (Å²) in [6.45, 7) is 4.80. The Morgan fingerprint density at radius 1 is 1.28 bits per heavy atom. The molecule has 3 rings (SSSR count). The molecule has 7 heteroatoms. The number of hydrogen-bond donors (Lipinski definition) is 3. The molecule has 1 amide bonds. The number of benzene rings is 1. The molecule has 1 aliphatic rings. The lowest BCUT2D eigenvalue weighted by atomic mass is 10.0. The monoisotopic (exact) mass is 400 g/mol. The Bertz CT molecular complexity index is 775. The van der Waals surface area contributed by atoms with Crippen LogP contribution in [-0.2, 0) is 11.2 Å². The number of aryl methyl sites for hydroxylation is 1. The molecule has 1 saturated heterocycles. The smallest absolute Gasteiger partial charge is 0.240 e. The topological polar surface area (TPSA) is 100 Å². The molecule has 1 aromatic heterocycles. The van der Waals surface area contributed by atoms with Crippen molar-refractivity contribution in [1.82, 2.24) is 20.8 Å². The van der Waals surface area contributed by atoms with E-state index in [0.29, 0.717) is 24.7 Å². The maximum Gasteiger partial charge on any atom is 0.240 e. The first-order valence-corrected chi connectivity index (χ1v) is 10.7. The van der Waals surface area contributed by atoms with Gasteiger partial charge >= 0.3 is 0 Å². The molecule has 0 radical (unpaired) electrons. The molecule has 2 heterocycles. The Labute approximate surface area is 172 Å². The third kappa shape index (κ3) is 5.87. The zero-order valence-electron chi connectivity index (χ0n) is 17.4. The quantitative estimate of drug-likeness (QED) is 0.530. The van der Waals surface area contributed by atoms with E-state index in [2.05, 4.69) is 27.7 Å². The van der Waals surface area contributed by atoms with Crippen molar-refractivity contribution >= 4 is 5.91 Å². The average molecular weight is 401 g/mol. The van der Waals surface area contributed by atoms with Crippen LogP contribution in [0.15, 0.2) is 28.8 Å². The molecule has 158 valence electrons. The number of carbonyl (C=O) groups is 1. The van der Waals surface area contributed by atoms with Gasteiger partial charge in [0.2, 0.25) is 17.6 Å². The van der Waals surface area contributed by atoms with Gasteiger partial charge < -0.3 is 20.3 Å². The predicted octanol–water partition coefficient (Wildman–Crippen LogP) is 3.15. The Hall–Kier alpha value is -2.25. The van der Waals surface area contributed by atoms with Crippen molar-refractivity contribution in [2.24, 2.45) is 0 Å². The van der Waals surface area contributed by atoms with Gasteiger partial charge in [0, 0.05) is 12.0 Å². The van der Waals surface area contributed by atoms with Crippen molar-refractivity contribution in [1.29, 1.82) is 0 Å². The minimum atomic E-state index is -0.622. The third-order valence-corrected chi connectivity index (χ3v) is 5.46. The summed E-state index contributed by atoms with van der Waals surface area (Å²) in [4.78, 5) is 16.8. The van der Waals surface area contributed by atoms with Crippen LogP contribution in [-0.4, -0.2) is 39.8 Å². The molecule has 3 N–H and O–H groups in total. The van der Waals surface area contributed by atoms with E-state index in [4.69, 9.17) is 4.52 Å². The zero-order chi connectivity index (χ0) is 20.6. The van der Waals surface area contributed by atoms with E-state index >= 15 is 0 Å². The molecule has 1 unspecified atom stereocenters. The molecule has 7 nitrogen and oxygen atoms in total. The summed E-state index contributed by atoms with van der Waals surface area (Å²) in [6.07, 6.45) is 6.83. The lowest BCUT2D eigenvalue weighted by molar-refractivity contribution is -0.125. The summed E-state index contributed by atoms with van der Waals surface area (Å²) in [5.41, 5.74) is 1.87. The van der Waals surface area contributed by atoms with Crippen LogP contribution >= 0.6 is 0 Å². The maximum absolute atomic E-state index is 12.3. The highest BCUT2D eigenvalue weighted by molar-refractivity contribution is 5.83. The molecule has 0 aliphatic carbocycles. The van der Waals surface area contributed by atoms with E-state index in [0.717, 1.165) is 24.0 Å². The van der Waals surface area contributed by atoms with Crippen LogP contribution in [0.25, 0.3) is 11.4 Å². The standard InChI is InChI=1S/C22H32N4O3/c1-3-4-5-6-7-8-19-25-21(26-29-19)17-11-9-16(10-12-17)15(2)24-22(28)20-18(27)13-14-23-20/h9-12,15,18,20,23,27H,3-8,13-14H2,1-2H3,(H,24,28)/t15-,18+,20?/m1/s1. The van der Waals surface area contributed by atoms with Crippen LogP contribution in [0.1, 0.15) is 69.9 Å². The summed E-state index contributed by atoms with van der Waals surface area (Å²) in [5, 5.41) is 19.9. The van der Waals surface area contributed by atoms with Crippen molar-refractivity contribution in [2.75, 3.05) is 6.54 Å². The number of aliphatic hydroxyl groups is 1. The highest BCUT2D eigenvalue weighted by Crippen LogP contribution is 2.21. The molecular formula is C22H32N4O3. The molecule has 1 aliphatic heterocycles. The van der Waals surface area contributed by atoms with Crippen molar-refractivity contribution in [3.63, 3.8) is 0 Å². The fourth-order valence-electron chi connectivity index (χ4n) is 3.62. The largest absolute Gasteiger partial charge is 0.391 e. The van der Waals surface area contributed by atoms with E-state index in [1.807, 2.05) is 31.2 Å². The lowest BCUT2D eigenvalue weighted by Crippen LogP contribution is -2.46. The highest BCUT2D eigenvalue weighted by Gasteiger charge is 2.31. The van der Waals surface area contributed by atoms with Crippen LogP contribution < -0.4 is 10.6 Å². The van der Waals surface area contributed by atoms with Crippen molar-refractivity contribution in [3.8, 4) is 11.4 Å². The van der Waals surface area contributed by atoms with Gasteiger partial charge in [0.15, 0.2) is 0 Å². The number of rotatable bonds is 10. The van der Waals surface area contributed by atoms with Crippen molar-refractivity contribution < 1.29 is 14.4 Å². The summed E-state index contributed by atoms with van der Waals surface area (Å²) in [6, 6.07) is 7.11. The van der Waals surface area contributed by atoms with E-state index in [9.17, 15) is 9.90 Å². The molecule has 1 aromatic carbocycles. The van der Waals surface area contributed by atoms with Crippen molar-refractivity contribution in [3.05, 3.63) is 35.7 Å². The van der Waals surface area contributed by atoms with Gasteiger partial charge in [-0.1, -0.05) is 62.0 Å². The van der Waals surface area contributed by atoms with Crippen LogP contribution in [0.2, 0.25) is 0 Å². The second-order valence-corrected chi connectivity index (χ2v) is 7.82. The number of amides is 1. The molecule has 1 fully saturated rings. The van der Waals surface area contributed by atoms with Gasteiger partial charge in [0.05, 0.1) is 12.1 Å². The molecule has 0 spiro atoms. The Balaban J connectivity index is 1.52. The first-order chi connectivity index (χ1) is 14.1. The van der Waals surface area contributed by atoms with Gasteiger partial charge in [-0.2, -0.15) is 4.98 Å². The minimum Gasteiger partial charge on any atom is -0.391 e. The summed E-state index contributed by atoms with van der Waals surface area (Å²) < 4.78 is 5.37. The molecule has 0 bridgehead atoms. The zero-order valence-corrected chi connectivity index (χ0v) is 17.4. The van der Waals surface area contributed by atoms with Crippen LogP contribution in [0.4, 0.5) is 0 Å². The first kappa shape index (κ1) is 21.5. The minimum absolute atomic E-state index is 0.157. The summed E-state index contributed by atoms with van der Waals surface area (Å²) in [7, 11) is 0. The Morgan fingerprint density at radius 2 is 2.03 bits per heavy atom. The molecular weight excluding hydrogens is 368 g/mol. The number of aliphatic hydroxyl groups excluding tert-OH is 1. The van der Waals surface area contributed by atoms with Crippen molar-refractivity contribution in [2.45, 2.75) is 77.0 Å². The third-order valence-electron chi connectivity index (χ3n) is 5.46. The molecule has 3 atom stereocenters. The van der Waals surface area contributed by atoms with Crippen LogP contribution in [0, 0.1) is 0 Å². The predicted molar refractivity (Wildman–Crippen MR) is 111 cm³/mol. The van der Waals surface area contributed by atoms with E-state index in [1.54, 1.807) is 0 Å². The highest BCUT2D eigenvalue weighted by atomic mass is 16.5. The molecule has 2 aromatic rings. The van der Waals surface area contributed by atoms with Crippen LogP contribution in [0.3, 0.4) is 0 Å². The fraction of sp³-hybridized carbons (Fsp3) is 0.591. The first-order valence-electron chi connectivity index (χ1n) is 10.7. The van der Waals surface area contributed by atoms with E-state index in [-0.39, 0.29) is 11.9 Å². The summed E-state index contributed by atoms with van der Waals surface area (Å²) >= 11 is 0. The number of carbonyl (C=O) groups excluding carboxylic acids is 1. The SMILES string of the molecule is CCCCCCCc1nc(-c2ccc([C@@H](C)NC(=O)C3NCC[C@@H]3O)cc2)no1. The van der Waals surface area contributed by atoms with E-state index < -0.39 is 12.1 Å². The second kappa shape index (κ2) is 10.5. The van der Waals surface area contributed by atoms with Crippen LogP contribution in [0.5, 0.6) is 0 Å². The fourth-order valence-corrected chi connectivity index (χ4v) is 3.62. The molecule has 0 saturated carbocycles.